The van der Waals surface area contributed by atoms with Gasteiger partial charge in [-0.05, 0) is 32.9 Å². The molecule has 9 heteroatoms. The minimum Gasteiger partial charge on any atom is -0.480 e. The maximum atomic E-state index is 12.7. The van der Waals surface area contributed by atoms with Crippen LogP contribution in [0.4, 0.5) is 4.79 Å². The quantitative estimate of drug-likeness (QED) is 0.862. The molecule has 8 nitrogen and oxygen atoms in total. The molecule has 0 aromatic heterocycles. The summed E-state index contributed by atoms with van der Waals surface area (Å²) >= 11 is 0. The second-order valence-electron chi connectivity index (χ2n) is 6.71. The molecule has 1 N–H and O–H groups in total. The molecular formula is C16H22N2O6S. The highest BCUT2D eigenvalue weighted by atomic mass is 32.2. The van der Waals surface area contributed by atoms with Crippen molar-refractivity contribution in [3.63, 3.8) is 0 Å². The number of carboxylic acid groups (broad SMARTS) is 1. The molecule has 0 saturated carbocycles. The Balaban J connectivity index is 2.23. The SMILES string of the molecule is CC(C)(C)OC(=O)N1CCN(S(=O)(=O)c2ccccc2)[C@@H](C(=O)O)C1. The van der Waals surface area contributed by atoms with E-state index in [2.05, 4.69) is 0 Å². The first-order chi connectivity index (χ1) is 11.5. The van der Waals surface area contributed by atoms with Crippen LogP contribution in [0.3, 0.4) is 0 Å². The van der Waals surface area contributed by atoms with Crippen LogP contribution in [0.5, 0.6) is 0 Å². The zero-order valence-electron chi connectivity index (χ0n) is 14.4. The minimum atomic E-state index is -3.97. The van der Waals surface area contributed by atoms with E-state index in [-0.39, 0.29) is 24.5 Å². The first-order valence-corrected chi connectivity index (χ1v) is 9.24. The molecule has 0 aliphatic carbocycles. The lowest BCUT2D eigenvalue weighted by atomic mass is 10.2. The van der Waals surface area contributed by atoms with Crippen molar-refractivity contribution in [3.05, 3.63) is 30.3 Å². The molecule has 1 aromatic rings. The number of carbonyl (C=O) groups is 2. The van der Waals surface area contributed by atoms with Gasteiger partial charge in [0.15, 0.2) is 0 Å². The lowest BCUT2D eigenvalue weighted by molar-refractivity contribution is -0.143. The van der Waals surface area contributed by atoms with Crippen molar-refractivity contribution in [3.8, 4) is 0 Å². The van der Waals surface area contributed by atoms with E-state index in [4.69, 9.17) is 4.74 Å². The van der Waals surface area contributed by atoms with Gasteiger partial charge in [0.2, 0.25) is 10.0 Å². The fourth-order valence-electron chi connectivity index (χ4n) is 2.48. The second kappa shape index (κ2) is 7.01. The van der Waals surface area contributed by atoms with Gasteiger partial charge in [0, 0.05) is 13.1 Å². The van der Waals surface area contributed by atoms with Gasteiger partial charge < -0.3 is 14.7 Å². The molecule has 2 rings (SSSR count). The fourth-order valence-corrected chi connectivity index (χ4v) is 4.06. The molecule has 1 atom stereocenters. The van der Waals surface area contributed by atoms with Crippen LogP contribution in [0.25, 0.3) is 0 Å². The number of hydrogen-bond acceptors (Lipinski definition) is 5. The number of carbonyl (C=O) groups excluding carboxylic acids is 1. The monoisotopic (exact) mass is 370 g/mol. The second-order valence-corrected chi connectivity index (χ2v) is 8.60. The maximum Gasteiger partial charge on any atom is 0.410 e. The molecule has 1 aliphatic heterocycles. The molecule has 1 fully saturated rings. The molecule has 1 heterocycles. The largest absolute Gasteiger partial charge is 0.480 e. The molecule has 0 spiro atoms. The number of hydrogen-bond donors (Lipinski definition) is 1. The van der Waals surface area contributed by atoms with Crippen molar-refractivity contribution < 1.29 is 27.9 Å². The van der Waals surface area contributed by atoms with Gasteiger partial charge in [0.1, 0.15) is 11.6 Å². The molecule has 1 aromatic carbocycles. The van der Waals surface area contributed by atoms with Crippen molar-refractivity contribution in [2.24, 2.45) is 0 Å². The number of sulfonamides is 1. The number of amides is 1. The summed E-state index contributed by atoms with van der Waals surface area (Å²) in [4.78, 5) is 25.0. The number of piperazine rings is 1. The number of nitrogens with zero attached hydrogens (tertiary/aromatic N) is 2. The van der Waals surface area contributed by atoms with E-state index in [9.17, 15) is 23.1 Å². The predicted molar refractivity (Wildman–Crippen MR) is 89.6 cm³/mol. The Morgan fingerprint density at radius 2 is 1.76 bits per heavy atom. The Morgan fingerprint density at radius 1 is 1.16 bits per heavy atom. The lowest BCUT2D eigenvalue weighted by Crippen LogP contribution is -2.59. The summed E-state index contributed by atoms with van der Waals surface area (Å²) in [6.07, 6.45) is -0.657. The standard InChI is InChI=1S/C16H22N2O6S/c1-16(2,3)24-15(21)17-9-10-18(13(11-17)14(19)20)25(22,23)12-7-5-4-6-8-12/h4-8,13H,9-11H2,1-3H3,(H,19,20)/t13-/m1/s1. The fraction of sp³-hybridized carbons (Fsp3) is 0.500. The molecule has 0 bridgehead atoms. The van der Waals surface area contributed by atoms with Gasteiger partial charge in [0.05, 0.1) is 11.4 Å². The summed E-state index contributed by atoms with van der Waals surface area (Å²) in [6, 6.07) is 6.27. The van der Waals surface area contributed by atoms with E-state index in [0.717, 1.165) is 4.31 Å². The summed E-state index contributed by atoms with van der Waals surface area (Å²) in [6.45, 7) is 4.79. The summed E-state index contributed by atoms with van der Waals surface area (Å²) in [5, 5.41) is 9.47. The molecule has 25 heavy (non-hydrogen) atoms. The summed E-state index contributed by atoms with van der Waals surface area (Å²) in [5.74, 6) is -1.31. The van der Waals surface area contributed by atoms with Crippen LogP contribution in [0.15, 0.2) is 35.2 Å². The molecular weight excluding hydrogens is 348 g/mol. The van der Waals surface area contributed by atoms with Crippen LogP contribution in [0.1, 0.15) is 20.8 Å². The van der Waals surface area contributed by atoms with Crippen molar-refractivity contribution in [2.45, 2.75) is 37.3 Å². The maximum absolute atomic E-state index is 12.7. The summed E-state index contributed by atoms with van der Waals surface area (Å²) in [5.41, 5.74) is -0.719. The Kier molecular flexibility index (Phi) is 5.38. The molecule has 138 valence electrons. The predicted octanol–water partition coefficient (Wildman–Crippen LogP) is 1.38. The van der Waals surface area contributed by atoms with Crippen molar-refractivity contribution in [2.75, 3.05) is 19.6 Å². The average Bonchev–Trinajstić information content (AvgIpc) is 2.53. The van der Waals surface area contributed by atoms with Gasteiger partial charge >= 0.3 is 12.1 Å². The lowest BCUT2D eigenvalue weighted by Gasteiger charge is -2.38. The summed E-state index contributed by atoms with van der Waals surface area (Å²) < 4.78 is 31.6. The highest BCUT2D eigenvalue weighted by Gasteiger charge is 2.42. The van der Waals surface area contributed by atoms with Gasteiger partial charge in [0.25, 0.3) is 0 Å². The van der Waals surface area contributed by atoms with Crippen molar-refractivity contribution in [1.29, 1.82) is 0 Å². The minimum absolute atomic E-state index is 0.0203. The average molecular weight is 370 g/mol. The van der Waals surface area contributed by atoms with Crippen LogP contribution in [0, 0.1) is 0 Å². The first kappa shape index (κ1) is 19.2. The Labute approximate surface area is 147 Å². The van der Waals surface area contributed by atoms with Gasteiger partial charge in [-0.2, -0.15) is 4.31 Å². The third kappa shape index (κ3) is 4.49. The zero-order valence-corrected chi connectivity index (χ0v) is 15.2. The molecule has 1 amide bonds. The first-order valence-electron chi connectivity index (χ1n) is 7.80. The van der Waals surface area contributed by atoms with Gasteiger partial charge in [-0.1, -0.05) is 18.2 Å². The number of ether oxygens (including phenoxy) is 1. The topological polar surface area (TPSA) is 104 Å². The van der Waals surface area contributed by atoms with Crippen molar-refractivity contribution in [1.82, 2.24) is 9.21 Å². The molecule has 1 saturated heterocycles. The van der Waals surface area contributed by atoms with E-state index in [0.29, 0.717) is 0 Å². The Morgan fingerprint density at radius 3 is 2.28 bits per heavy atom. The number of benzene rings is 1. The molecule has 0 radical (unpaired) electrons. The van der Waals surface area contributed by atoms with E-state index < -0.39 is 33.7 Å². The third-order valence-corrected chi connectivity index (χ3v) is 5.54. The normalized spacial score (nSPS) is 19.5. The van der Waals surface area contributed by atoms with E-state index >= 15 is 0 Å². The number of carboxylic acids is 1. The van der Waals surface area contributed by atoms with E-state index in [1.165, 1.54) is 17.0 Å². The third-order valence-electron chi connectivity index (χ3n) is 3.62. The Hall–Kier alpha value is -2.13. The van der Waals surface area contributed by atoms with Gasteiger partial charge in [-0.3, -0.25) is 4.79 Å². The van der Waals surface area contributed by atoms with Crippen molar-refractivity contribution >= 4 is 22.1 Å². The van der Waals surface area contributed by atoms with Crippen LogP contribution >= 0.6 is 0 Å². The Bertz CT molecular complexity index is 742. The van der Waals surface area contributed by atoms with E-state index in [1.807, 2.05) is 0 Å². The smallest absolute Gasteiger partial charge is 0.410 e. The van der Waals surface area contributed by atoms with Crippen LogP contribution in [-0.4, -0.2) is 66.1 Å². The van der Waals surface area contributed by atoms with Crippen LogP contribution in [-0.2, 0) is 19.6 Å². The van der Waals surface area contributed by atoms with Crippen LogP contribution < -0.4 is 0 Å². The zero-order chi connectivity index (χ0) is 18.8. The highest BCUT2D eigenvalue weighted by molar-refractivity contribution is 7.89. The highest BCUT2D eigenvalue weighted by Crippen LogP contribution is 2.22. The molecule has 0 unspecified atom stereocenters. The van der Waals surface area contributed by atoms with Gasteiger partial charge in [-0.25, -0.2) is 13.2 Å². The summed E-state index contributed by atoms with van der Waals surface area (Å²) in [7, 11) is -3.97. The number of aliphatic carboxylic acids is 1. The number of rotatable bonds is 3. The van der Waals surface area contributed by atoms with Crippen LogP contribution in [0.2, 0.25) is 0 Å². The van der Waals surface area contributed by atoms with Gasteiger partial charge in [-0.15, -0.1) is 0 Å². The van der Waals surface area contributed by atoms with E-state index in [1.54, 1.807) is 39.0 Å². The molecule has 1 aliphatic rings.